The van der Waals surface area contributed by atoms with Crippen LogP contribution in [-0.4, -0.2) is 60.0 Å². The molecule has 1 aliphatic heterocycles. The van der Waals surface area contributed by atoms with Gasteiger partial charge in [-0.15, -0.1) is 0 Å². The van der Waals surface area contributed by atoms with Crippen LogP contribution in [0.15, 0.2) is 4.79 Å². The van der Waals surface area contributed by atoms with Crippen LogP contribution in [0, 0.1) is 0 Å². The number of nitrogen functional groups attached to an aromatic ring is 1. The smallest absolute Gasteiger partial charge is 0.348 e. The molecule has 0 bridgehead atoms. The lowest BCUT2D eigenvalue weighted by Crippen LogP contribution is -2.33. The topological polar surface area (TPSA) is 160 Å². The van der Waals surface area contributed by atoms with Crippen molar-refractivity contribution in [3.05, 3.63) is 15.6 Å². The summed E-state index contributed by atoms with van der Waals surface area (Å²) >= 11 is 5.95. The number of ether oxygens (including phenoxy) is 1. The Kier molecular flexibility index (Phi) is 3.34. The van der Waals surface area contributed by atoms with E-state index in [0.29, 0.717) is 0 Å². The number of aromatic nitrogens is 4. The predicted molar refractivity (Wildman–Crippen MR) is 70.6 cm³/mol. The molecule has 6 N–H and O–H groups in total. The maximum Gasteiger partial charge on any atom is 0.348 e. The maximum absolute atomic E-state index is 11.4. The molecule has 2 aromatic heterocycles. The van der Waals surface area contributed by atoms with Crippen LogP contribution < -0.4 is 11.4 Å². The minimum Gasteiger partial charge on any atom is -0.394 e. The minimum absolute atomic E-state index is 0.0103. The van der Waals surface area contributed by atoms with Gasteiger partial charge in [0.25, 0.3) is 0 Å². The summed E-state index contributed by atoms with van der Waals surface area (Å²) in [6.45, 7) is -0.488. The molecule has 114 valence electrons. The molecule has 1 fully saturated rings. The largest absolute Gasteiger partial charge is 0.394 e. The zero-order valence-electron chi connectivity index (χ0n) is 10.5. The molecule has 3 heterocycles. The molecule has 0 unspecified atom stereocenters. The highest BCUT2D eigenvalue weighted by atomic mass is 35.5. The normalized spacial score (nSPS) is 29.3. The molecular weight excluding hydrogens is 306 g/mol. The fraction of sp³-hybridized carbons (Fsp3) is 0.500. The van der Waals surface area contributed by atoms with Gasteiger partial charge >= 0.3 is 5.69 Å². The van der Waals surface area contributed by atoms with Crippen LogP contribution in [-0.2, 0) is 4.74 Å². The molecule has 10 nitrogen and oxygen atoms in total. The second-order valence-corrected chi connectivity index (χ2v) is 4.98. The van der Waals surface area contributed by atoms with Gasteiger partial charge in [0.15, 0.2) is 17.0 Å². The molecule has 1 aliphatic rings. The van der Waals surface area contributed by atoms with Crippen molar-refractivity contribution in [1.82, 2.24) is 19.7 Å². The Bertz CT molecular complexity index is 745. The number of H-pyrrole nitrogens is 1. The van der Waals surface area contributed by atoms with E-state index in [1.807, 2.05) is 0 Å². The summed E-state index contributed by atoms with van der Waals surface area (Å²) in [4.78, 5) is 17.4. The summed E-state index contributed by atoms with van der Waals surface area (Å²) in [7, 11) is 0. The summed E-state index contributed by atoms with van der Waals surface area (Å²) in [5, 5.41) is 32.9. The third-order valence-corrected chi connectivity index (χ3v) is 3.58. The van der Waals surface area contributed by atoms with E-state index in [9.17, 15) is 15.0 Å². The van der Waals surface area contributed by atoms with Crippen molar-refractivity contribution >= 4 is 28.5 Å². The number of nitrogens with zero attached hydrogens (tertiary/aromatic N) is 3. The highest BCUT2D eigenvalue weighted by Gasteiger charge is 2.44. The van der Waals surface area contributed by atoms with Crippen molar-refractivity contribution in [2.24, 2.45) is 0 Å². The molecule has 0 aliphatic carbocycles. The van der Waals surface area contributed by atoms with Crippen LogP contribution in [0.5, 0.6) is 0 Å². The van der Waals surface area contributed by atoms with Gasteiger partial charge in [-0.25, -0.2) is 9.48 Å². The van der Waals surface area contributed by atoms with Gasteiger partial charge in [-0.1, -0.05) is 11.6 Å². The van der Waals surface area contributed by atoms with E-state index in [1.165, 1.54) is 0 Å². The fourth-order valence-electron chi connectivity index (χ4n) is 2.30. The summed E-state index contributed by atoms with van der Waals surface area (Å²) in [6, 6.07) is 0. The first kappa shape index (κ1) is 14.2. The Hall–Kier alpha value is -1.72. The highest BCUT2D eigenvalue weighted by molar-refractivity contribution is 6.35. The second kappa shape index (κ2) is 4.93. The van der Waals surface area contributed by atoms with E-state index >= 15 is 0 Å². The average molecular weight is 318 g/mol. The number of hydrogen-bond donors (Lipinski definition) is 5. The number of aliphatic hydroxyl groups is 3. The summed E-state index contributed by atoms with van der Waals surface area (Å²) in [5.74, 6) is -0.0204. The molecule has 0 aromatic carbocycles. The lowest BCUT2D eigenvalue weighted by atomic mass is 10.1. The monoisotopic (exact) mass is 317 g/mol. The number of hydrogen-bond acceptors (Lipinski definition) is 8. The molecule has 4 atom stereocenters. The Morgan fingerprint density at radius 2 is 2.14 bits per heavy atom. The van der Waals surface area contributed by atoms with Crippen LogP contribution in [0.25, 0.3) is 11.0 Å². The van der Waals surface area contributed by atoms with E-state index in [-0.39, 0.29) is 22.0 Å². The molecule has 1 saturated heterocycles. The van der Waals surface area contributed by atoms with Crippen LogP contribution >= 0.6 is 11.6 Å². The number of fused-ring (bicyclic) bond motifs is 1. The summed E-state index contributed by atoms with van der Waals surface area (Å²) in [6.07, 6.45) is -4.82. The van der Waals surface area contributed by atoms with E-state index in [2.05, 4.69) is 15.1 Å². The molecular formula is C10H12ClN5O5. The molecule has 0 amide bonds. The van der Waals surface area contributed by atoms with Gasteiger partial charge in [0.05, 0.1) is 12.0 Å². The molecule has 11 heteroatoms. The highest BCUT2D eigenvalue weighted by Crippen LogP contribution is 2.33. The number of nitrogens with two attached hydrogens (primary N) is 1. The quantitative estimate of drug-likeness (QED) is 0.424. The molecule has 2 aromatic rings. The van der Waals surface area contributed by atoms with Crippen LogP contribution in [0.1, 0.15) is 6.23 Å². The summed E-state index contributed by atoms with van der Waals surface area (Å²) in [5.41, 5.74) is 4.95. The number of anilines is 1. The number of rotatable bonds is 2. The number of halogens is 1. The van der Waals surface area contributed by atoms with E-state index in [4.69, 9.17) is 27.2 Å². The zero-order chi connectivity index (χ0) is 15.3. The van der Waals surface area contributed by atoms with Gasteiger partial charge < -0.3 is 25.8 Å². The standard InChI is InChI=1S/C10H12ClN5O5/c11-6-3-7(12)13-10(20)14-8(3)16(15-6)9-5(19)4(18)2(1-17)21-9/h2,4-5,9,17-19H,1H2,(H3,12,13,14,20)/t2-,4-,5-,9-/m1/s1. The van der Waals surface area contributed by atoms with Gasteiger partial charge in [-0.05, 0) is 0 Å². The van der Waals surface area contributed by atoms with Crippen molar-refractivity contribution in [3.63, 3.8) is 0 Å². The second-order valence-electron chi connectivity index (χ2n) is 4.62. The average Bonchev–Trinajstić information content (AvgIpc) is 2.89. The lowest BCUT2D eigenvalue weighted by Gasteiger charge is -2.15. The minimum atomic E-state index is -1.37. The van der Waals surface area contributed by atoms with Crippen molar-refractivity contribution in [2.45, 2.75) is 24.5 Å². The first-order valence-corrected chi connectivity index (χ1v) is 6.37. The number of nitrogens with one attached hydrogen (secondary N) is 1. The van der Waals surface area contributed by atoms with Gasteiger partial charge in [0, 0.05) is 0 Å². The van der Waals surface area contributed by atoms with Crippen molar-refractivity contribution in [1.29, 1.82) is 0 Å². The number of aliphatic hydroxyl groups excluding tert-OH is 3. The molecule has 0 radical (unpaired) electrons. The van der Waals surface area contributed by atoms with Gasteiger partial charge in [-0.3, -0.25) is 4.98 Å². The molecule has 0 saturated carbocycles. The maximum atomic E-state index is 11.4. The lowest BCUT2D eigenvalue weighted by molar-refractivity contribution is -0.0566. The first-order chi connectivity index (χ1) is 9.93. The van der Waals surface area contributed by atoms with Crippen LogP contribution in [0.3, 0.4) is 0 Å². The molecule has 21 heavy (non-hydrogen) atoms. The van der Waals surface area contributed by atoms with Gasteiger partial charge in [-0.2, -0.15) is 10.1 Å². The van der Waals surface area contributed by atoms with E-state index < -0.39 is 36.8 Å². The third-order valence-electron chi connectivity index (χ3n) is 3.32. The Labute approximate surface area is 121 Å². The Morgan fingerprint density at radius 3 is 2.76 bits per heavy atom. The third kappa shape index (κ3) is 2.08. The summed E-state index contributed by atoms with van der Waals surface area (Å²) < 4.78 is 6.38. The molecule has 3 rings (SSSR count). The van der Waals surface area contributed by atoms with Crippen molar-refractivity contribution in [3.8, 4) is 0 Å². The SMILES string of the molecule is Nc1[nH]c(=O)nc2c1c(Cl)nn2[C@@H]1O[C@H](CO)[C@@H](O)[C@H]1O. The van der Waals surface area contributed by atoms with Gasteiger partial charge in [0.2, 0.25) is 0 Å². The van der Waals surface area contributed by atoms with Crippen LogP contribution in [0.4, 0.5) is 5.82 Å². The zero-order valence-corrected chi connectivity index (χ0v) is 11.2. The van der Waals surface area contributed by atoms with E-state index in [1.54, 1.807) is 0 Å². The van der Waals surface area contributed by atoms with Gasteiger partial charge in [0.1, 0.15) is 24.1 Å². The molecule has 0 spiro atoms. The van der Waals surface area contributed by atoms with Crippen LogP contribution in [0.2, 0.25) is 5.15 Å². The Balaban J connectivity index is 2.16. The van der Waals surface area contributed by atoms with Crippen molar-refractivity contribution < 1.29 is 20.1 Å². The first-order valence-electron chi connectivity index (χ1n) is 6.00. The van der Waals surface area contributed by atoms with Crippen molar-refractivity contribution in [2.75, 3.05) is 12.3 Å². The van der Waals surface area contributed by atoms with E-state index in [0.717, 1.165) is 4.68 Å². The fourth-order valence-corrected chi connectivity index (χ4v) is 2.57. The number of aromatic amines is 1. The Morgan fingerprint density at radius 1 is 1.43 bits per heavy atom. The predicted octanol–water partition coefficient (Wildman–Crippen LogP) is -2.03.